The molecule has 0 bridgehead atoms. The Morgan fingerprint density at radius 2 is 2.03 bits per heavy atom. The van der Waals surface area contributed by atoms with Gasteiger partial charge < -0.3 is 26.8 Å². The fourth-order valence-electron chi connectivity index (χ4n) is 4.72. The number of likely N-dealkylation sites (tertiary alicyclic amines) is 1. The second kappa shape index (κ2) is 11.3. The highest BCUT2D eigenvalue weighted by molar-refractivity contribution is 7.89. The van der Waals surface area contributed by atoms with E-state index in [0.29, 0.717) is 37.4 Å². The predicted octanol–water partition coefficient (Wildman–Crippen LogP) is 0.703. The van der Waals surface area contributed by atoms with Crippen LogP contribution in [-0.2, 0) is 26.0 Å². The van der Waals surface area contributed by atoms with E-state index in [0.717, 1.165) is 12.0 Å². The minimum Gasteiger partial charge on any atom is -0.480 e. The van der Waals surface area contributed by atoms with E-state index in [-0.39, 0.29) is 36.3 Å². The summed E-state index contributed by atoms with van der Waals surface area (Å²) in [5, 5.41) is 12.9. The summed E-state index contributed by atoms with van der Waals surface area (Å²) in [5.74, 6) is -1.22. The minimum atomic E-state index is -4.10. The number of rotatable bonds is 9. The summed E-state index contributed by atoms with van der Waals surface area (Å²) in [5.41, 5.74) is 12.2. The molecule has 7 N–H and O–H groups in total. The maximum absolute atomic E-state index is 13.5. The maximum Gasteiger partial charge on any atom is 0.326 e. The SMILES string of the molecule is C[C@@H]1CNc2c(cccc2S(=O)(=O)N[C@@H](CCCN=C(N)N)C(=O)N2CC[C@H](C)C[C@H]2C(=O)O)C1. The summed E-state index contributed by atoms with van der Waals surface area (Å²) in [6.45, 7) is 5.14. The molecular formula is C23H36N6O5S. The van der Waals surface area contributed by atoms with E-state index < -0.39 is 34.0 Å². The molecule has 0 unspecified atom stereocenters. The van der Waals surface area contributed by atoms with Gasteiger partial charge in [-0.15, -0.1) is 0 Å². The number of fused-ring (bicyclic) bond motifs is 1. The topological polar surface area (TPSA) is 180 Å². The number of carbonyl (C=O) groups excluding carboxylic acids is 1. The van der Waals surface area contributed by atoms with Crippen molar-refractivity contribution in [2.75, 3.05) is 25.0 Å². The first-order valence-electron chi connectivity index (χ1n) is 12.0. The van der Waals surface area contributed by atoms with Crippen molar-refractivity contribution in [2.45, 2.75) is 62.9 Å². The van der Waals surface area contributed by atoms with Crippen LogP contribution in [0.4, 0.5) is 5.69 Å². The zero-order valence-electron chi connectivity index (χ0n) is 20.2. The van der Waals surface area contributed by atoms with Crippen LogP contribution < -0.4 is 21.5 Å². The van der Waals surface area contributed by atoms with Crippen molar-refractivity contribution in [1.82, 2.24) is 9.62 Å². The Morgan fingerprint density at radius 1 is 1.29 bits per heavy atom. The van der Waals surface area contributed by atoms with Crippen LogP contribution in [0.15, 0.2) is 28.1 Å². The molecule has 194 valence electrons. The van der Waals surface area contributed by atoms with Crippen molar-refractivity contribution < 1.29 is 23.1 Å². The van der Waals surface area contributed by atoms with Gasteiger partial charge in [0.15, 0.2) is 5.96 Å². The van der Waals surface area contributed by atoms with Gasteiger partial charge in [0.05, 0.1) is 5.69 Å². The Bertz CT molecular complexity index is 1070. The second-order valence-electron chi connectivity index (χ2n) is 9.62. The summed E-state index contributed by atoms with van der Waals surface area (Å²) in [6.07, 6.45) is 2.17. The number of nitrogens with two attached hydrogens (primary N) is 2. The number of sulfonamides is 1. The molecular weight excluding hydrogens is 472 g/mol. The molecule has 35 heavy (non-hydrogen) atoms. The number of carboxylic acid groups (broad SMARTS) is 1. The van der Waals surface area contributed by atoms with Gasteiger partial charge in [-0.05, 0) is 55.6 Å². The van der Waals surface area contributed by atoms with Gasteiger partial charge in [0.2, 0.25) is 15.9 Å². The molecule has 4 atom stereocenters. The Balaban J connectivity index is 1.88. The smallest absolute Gasteiger partial charge is 0.326 e. The lowest BCUT2D eigenvalue weighted by atomic mass is 9.91. The second-order valence-corrected chi connectivity index (χ2v) is 11.3. The zero-order valence-corrected chi connectivity index (χ0v) is 21.1. The van der Waals surface area contributed by atoms with E-state index in [1.807, 2.05) is 13.0 Å². The highest BCUT2D eigenvalue weighted by atomic mass is 32.2. The summed E-state index contributed by atoms with van der Waals surface area (Å²) in [7, 11) is -4.10. The number of carboxylic acids is 1. The molecule has 0 saturated carbocycles. The van der Waals surface area contributed by atoms with E-state index in [1.54, 1.807) is 6.07 Å². The molecule has 1 saturated heterocycles. The largest absolute Gasteiger partial charge is 0.480 e. The van der Waals surface area contributed by atoms with Crippen LogP contribution in [0.1, 0.15) is 45.1 Å². The van der Waals surface area contributed by atoms with Crippen molar-refractivity contribution in [2.24, 2.45) is 28.3 Å². The molecule has 1 aromatic rings. The lowest BCUT2D eigenvalue weighted by Crippen LogP contribution is -2.56. The van der Waals surface area contributed by atoms with E-state index >= 15 is 0 Å². The van der Waals surface area contributed by atoms with Gasteiger partial charge in [0.1, 0.15) is 17.0 Å². The number of nitrogens with one attached hydrogen (secondary N) is 2. The Morgan fingerprint density at radius 3 is 2.71 bits per heavy atom. The van der Waals surface area contributed by atoms with Gasteiger partial charge in [-0.3, -0.25) is 9.79 Å². The van der Waals surface area contributed by atoms with Crippen LogP contribution in [-0.4, -0.2) is 68.0 Å². The normalized spacial score (nSPS) is 23.0. The monoisotopic (exact) mass is 508 g/mol. The van der Waals surface area contributed by atoms with E-state index in [4.69, 9.17) is 11.5 Å². The molecule has 2 heterocycles. The fourth-order valence-corrected chi connectivity index (χ4v) is 6.17. The van der Waals surface area contributed by atoms with Crippen LogP contribution in [0.2, 0.25) is 0 Å². The average Bonchev–Trinajstić information content (AvgIpc) is 2.79. The first kappa shape index (κ1) is 26.7. The summed E-state index contributed by atoms with van der Waals surface area (Å²) in [4.78, 5) is 30.7. The molecule has 0 spiro atoms. The molecule has 0 aliphatic carbocycles. The van der Waals surface area contributed by atoms with Gasteiger partial charge in [-0.2, -0.15) is 4.72 Å². The van der Waals surface area contributed by atoms with Crippen molar-refractivity contribution in [3.63, 3.8) is 0 Å². The van der Waals surface area contributed by atoms with Gasteiger partial charge in [0.25, 0.3) is 0 Å². The number of nitrogens with zero attached hydrogens (tertiary/aromatic N) is 2. The molecule has 2 aliphatic rings. The summed E-state index contributed by atoms with van der Waals surface area (Å²) >= 11 is 0. The number of hydrogen-bond donors (Lipinski definition) is 5. The van der Waals surface area contributed by atoms with Crippen LogP contribution in [0.3, 0.4) is 0 Å². The third kappa shape index (κ3) is 6.63. The van der Waals surface area contributed by atoms with E-state index in [9.17, 15) is 23.1 Å². The van der Waals surface area contributed by atoms with Crippen molar-refractivity contribution >= 4 is 33.5 Å². The maximum atomic E-state index is 13.5. The van der Waals surface area contributed by atoms with Crippen molar-refractivity contribution in [1.29, 1.82) is 0 Å². The number of benzene rings is 1. The Hall–Kier alpha value is -2.86. The summed E-state index contributed by atoms with van der Waals surface area (Å²) < 4.78 is 29.5. The number of piperidine rings is 1. The number of anilines is 1. The molecule has 0 aromatic heterocycles. The molecule has 12 heteroatoms. The van der Waals surface area contributed by atoms with Gasteiger partial charge in [-0.25, -0.2) is 13.2 Å². The van der Waals surface area contributed by atoms with Crippen molar-refractivity contribution in [3.05, 3.63) is 23.8 Å². The van der Waals surface area contributed by atoms with E-state index in [1.165, 1.54) is 11.0 Å². The first-order valence-corrected chi connectivity index (χ1v) is 13.4. The number of guanidine groups is 1. The number of aliphatic carboxylic acids is 1. The molecule has 2 aliphatic heterocycles. The zero-order chi connectivity index (χ0) is 25.8. The number of amides is 1. The fraction of sp³-hybridized carbons (Fsp3) is 0.609. The highest BCUT2D eigenvalue weighted by Gasteiger charge is 2.39. The minimum absolute atomic E-state index is 0.0750. The van der Waals surface area contributed by atoms with Crippen LogP contribution >= 0.6 is 0 Å². The van der Waals surface area contributed by atoms with Gasteiger partial charge in [-0.1, -0.05) is 26.0 Å². The molecule has 1 aromatic carbocycles. The Kier molecular flexibility index (Phi) is 8.60. The molecule has 1 amide bonds. The third-order valence-corrected chi connectivity index (χ3v) is 8.09. The number of para-hydroxylation sites is 1. The number of aliphatic imine (C=N–C) groups is 1. The Labute approximate surface area is 206 Å². The highest BCUT2D eigenvalue weighted by Crippen LogP contribution is 2.31. The molecule has 3 rings (SSSR count). The quantitative estimate of drug-likeness (QED) is 0.184. The molecule has 0 radical (unpaired) electrons. The molecule has 1 fully saturated rings. The average molecular weight is 509 g/mol. The lowest BCUT2D eigenvalue weighted by molar-refractivity contribution is -0.153. The lowest BCUT2D eigenvalue weighted by Gasteiger charge is -2.38. The van der Waals surface area contributed by atoms with E-state index in [2.05, 4.69) is 22.0 Å². The van der Waals surface area contributed by atoms with Crippen molar-refractivity contribution in [3.8, 4) is 0 Å². The van der Waals surface area contributed by atoms with Gasteiger partial charge >= 0.3 is 5.97 Å². The third-order valence-electron chi connectivity index (χ3n) is 6.57. The first-order chi connectivity index (χ1) is 16.5. The van der Waals surface area contributed by atoms with Gasteiger partial charge in [0, 0.05) is 19.6 Å². The van der Waals surface area contributed by atoms with Crippen LogP contribution in [0.5, 0.6) is 0 Å². The van der Waals surface area contributed by atoms with Crippen LogP contribution in [0.25, 0.3) is 0 Å². The standard InChI is InChI=1S/C23H36N6O5S/c1-14-8-10-29(18(12-14)22(31)32)21(30)17(6-4-9-26-23(24)25)28-35(33,34)19-7-3-5-16-11-15(2)13-27-20(16)19/h3,5,7,14-15,17-18,27-28H,4,6,8-13H2,1-2H3,(H,31,32)(H4,24,25,26)/t14-,15-,17-,18-/m0/s1. The summed E-state index contributed by atoms with van der Waals surface area (Å²) in [6, 6.07) is 2.94. The number of hydrogen-bond acceptors (Lipinski definition) is 6. The number of carbonyl (C=O) groups is 2. The van der Waals surface area contributed by atoms with Crippen LogP contribution in [0, 0.1) is 11.8 Å². The molecule has 11 nitrogen and oxygen atoms in total. The predicted molar refractivity (Wildman–Crippen MR) is 133 cm³/mol.